The first-order valence-electron chi connectivity index (χ1n) is 9.72. The van der Waals surface area contributed by atoms with Crippen LogP contribution in [0, 0.1) is 12.3 Å². The highest BCUT2D eigenvalue weighted by Gasteiger charge is 2.27. The molecule has 1 aromatic carbocycles. The number of benzene rings is 1. The summed E-state index contributed by atoms with van der Waals surface area (Å²) in [6, 6.07) is 12.3. The highest BCUT2D eigenvalue weighted by molar-refractivity contribution is 5.79. The molecule has 1 aliphatic heterocycles. The molecule has 5 heteroatoms. The van der Waals surface area contributed by atoms with E-state index in [9.17, 15) is 4.79 Å². The van der Waals surface area contributed by atoms with Crippen LogP contribution in [0.2, 0.25) is 0 Å². The second-order valence-corrected chi connectivity index (χ2v) is 8.43. The van der Waals surface area contributed by atoms with Gasteiger partial charge < -0.3 is 9.80 Å². The molecule has 0 aliphatic carbocycles. The van der Waals surface area contributed by atoms with Gasteiger partial charge in [-0.3, -0.25) is 4.79 Å². The Morgan fingerprint density at radius 1 is 1.14 bits per heavy atom. The van der Waals surface area contributed by atoms with Crippen LogP contribution in [0.25, 0.3) is 0 Å². The molecule has 1 aliphatic rings. The molecule has 1 atom stereocenters. The Bertz CT molecular complexity index is 859. The maximum Gasteiger partial charge on any atom is 0.227 e. The van der Waals surface area contributed by atoms with Crippen LogP contribution < -0.4 is 4.90 Å². The normalized spacial score (nSPS) is 17.3. The first-order valence-corrected chi connectivity index (χ1v) is 9.72. The third-order valence-electron chi connectivity index (χ3n) is 5.25. The van der Waals surface area contributed by atoms with Gasteiger partial charge in [0.25, 0.3) is 0 Å². The molecule has 0 spiro atoms. The van der Waals surface area contributed by atoms with Gasteiger partial charge >= 0.3 is 0 Å². The Hall–Kier alpha value is -2.87. The summed E-state index contributed by atoms with van der Waals surface area (Å²) in [5.74, 6) is 3.45. The zero-order valence-electron chi connectivity index (χ0n) is 17.1. The summed E-state index contributed by atoms with van der Waals surface area (Å²) in [5, 5.41) is 8.25. The molecule has 5 nitrogen and oxygen atoms in total. The Balaban J connectivity index is 1.60. The molecule has 2 aromatic rings. The van der Waals surface area contributed by atoms with Crippen LogP contribution in [0.4, 0.5) is 5.82 Å². The molecule has 2 heterocycles. The summed E-state index contributed by atoms with van der Waals surface area (Å²) in [6.45, 7) is 10.8. The van der Waals surface area contributed by atoms with Gasteiger partial charge in [-0.05, 0) is 41.5 Å². The van der Waals surface area contributed by atoms with Crippen LogP contribution in [0.15, 0.2) is 36.4 Å². The van der Waals surface area contributed by atoms with Crippen molar-refractivity contribution in [3.05, 3.63) is 53.2 Å². The number of piperazine rings is 1. The van der Waals surface area contributed by atoms with Gasteiger partial charge in [0.1, 0.15) is 5.69 Å². The van der Waals surface area contributed by atoms with Crippen LogP contribution >= 0.6 is 0 Å². The van der Waals surface area contributed by atoms with E-state index >= 15 is 0 Å². The minimum absolute atomic E-state index is 0.121. The molecule has 0 bridgehead atoms. The van der Waals surface area contributed by atoms with Crippen LogP contribution in [0.1, 0.15) is 44.5 Å². The zero-order valence-corrected chi connectivity index (χ0v) is 17.1. The van der Waals surface area contributed by atoms with Crippen molar-refractivity contribution in [3.63, 3.8) is 0 Å². The van der Waals surface area contributed by atoms with E-state index in [0.717, 1.165) is 17.9 Å². The SMILES string of the molecule is C#Cc1ccc(N2CCN(C(=O)Cc3ccc(C(C)(C)C)cc3)C[C@H]2C)nn1. The average molecular weight is 377 g/mol. The molecular formula is C23H28N4O. The van der Waals surface area contributed by atoms with Gasteiger partial charge in [-0.1, -0.05) is 45.0 Å². The lowest BCUT2D eigenvalue weighted by Crippen LogP contribution is -2.54. The molecule has 1 saturated heterocycles. The zero-order chi connectivity index (χ0) is 20.3. The van der Waals surface area contributed by atoms with Crippen molar-refractivity contribution in [3.8, 4) is 12.3 Å². The smallest absolute Gasteiger partial charge is 0.227 e. The van der Waals surface area contributed by atoms with Gasteiger partial charge in [0, 0.05) is 25.7 Å². The van der Waals surface area contributed by atoms with Crippen LogP contribution in [-0.2, 0) is 16.6 Å². The number of rotatable bonds is 3. The van der Waals surface area contributed by atoms with E-state index in [1.54, 1.807) is 6.07 Å². The molecule has 0 radical (unpaired) electrons. The van der Waals surface area contributed by atoms with Crippen molar-refractivity contribution in [2.45, 2.75) is 45.6 Å². The summed E-state index contributed by atoms with van der Waals surface area (Å²) in [7, 11) is 0. The lowest BCUT2D eigenvalue weighted by molar-refractivity contribution is -0.131. The molecule has 28 heavy (non-hydrogen) atoms. The van der Waals surface area contributed by atoms with E-state index < -0.39 is 0 Å². The van der Waals surface area contributed by atoms with Crippen LogP contribution in [0.3, 0.4) is 0 Å². The van der Waals surface area contributed by atoms with Crippen LogP contribution in [0.5, 0.6) is 0 Å². The standard InChI is InChI=1S/C23H28N4O/c1-6-20-11-12-21(25-24-20)27-14-13-26(16-17(27)2)22(28)15-18-7-9-19(10-8-18)23(3,4)5/h1,7-12,17H,13-16H2,2-5H3/t17-/m1/s1. The van der Waals surface area contributed by atoms with E-state index in [-0.39, 0.29) is 17.4 Å². The highest BCUT2D eigenvalue weighted by Crippen LogP contribution is 2.23. The molecule has 0 saturated carbocycles. The van der Waals surface area contributed by atoms with E-state index in [1.165, 1.54) is 5.56 Å². The number of anilines is 1. The number of hydrogen-bond donors (Lipinski definition) is 0. The van der Waals surface area contributed by atoms with Crippen molar-refractivity contribution in [2.75, 3.05) is 24.5 Å². The molecule has 146 valence electrons. The Morgan fingerprint density at radius 3 is 2.39 bits per heavy atom. The third-order valence-corrected chi connectivity index (χ3v) is 5.25. The summed E-state index contributed by atoms with van der Waals surface area (Å²) >= 11 is 0. The monoisotopic (exact) mass is 376 g/mol. The first kappa shape index (κ1) is 19.9. The molecule has 0 unspecified atom stereocenters. The van der Waals surface area contributed by atoms with E-state index in [4.69, 9.17) is 6.42 Å². The van der Waals surface area contributed by atoms with Gasteiger partial charge in [0.05, 0.1) is 6.42 Å². The fourth-order valence-electron chi connectivity index (χ4n) is 3.49. The molecule has 3 rings (SSSR count). The summed E-state index contributed by atoms with van der Waals surface area (Å²) in [4.78, 5) is 16.9. The highest BCUT2D eigenvalue weighted by atomic mass is 16.2. The third kappa shape index (κ3) is 4.51. The quantitative estimate of drug-likeness (QED) is 0.773. The lowest BCUT2D eigenvalue weighted by atomic mass is 9.86. The summed E-state index contributed by atoms with van der Waals surface area (Å²) in [6.07, 6.45) is 5.78. The molecular weight excluding hydrogens is 348 g/mol. The minimum atomic E-state index is 0.121. The number of nitrogens with zero attached hydrogens (tertiary/aromatic N) is 4. The van der Waals surface area contributed by atoms with Crippen molar-refractivity contribution in [2.24, 2.45) is 0 Å². The molecule has 0 N–H and O–H groups in total. The average Bonchev–Trinajstić information content (AvgIpc) is 2.68. The largest absolute Gasteiger partial charge is 0.349 e. The van der Waals surface area contributed by atoms with Gasteiger partial charge in [0.15, 0.2) is 5.82 Å². The molecule has 1 fully saturated rings. The lowest BCUT2D eigenvalue weighted by Gasteiger charge is -2.40. The number of carbonyl (C=O) groups excluding carboxylic acids is 1. The predicted molar refractivity (Wildman–Crippen MR) is 112 cm³/mol. The van der Waals surface area contributed by atoms with Crippen LogP contribution in [-0.4, -0.2) is 46.7 Å². The first-order chi connectivity index (χ1) is 13.3. The van der Waals surface area contributed by atoms with Gasteiger partial charge in [-0.15, -0.1) is 16.6 Å². The Morgan fingerprint density at radius 2 is 1.86 bits per heavy atom. The Kier molecular flexibility index (Phi) is 5.69. The predicted octanol–water partition coefficient (Wildman–Crippen LogP) is 3.04. The second kappa shape index (κ2) is 8.02. The summed E-state index contributed by atoms with van der Waals surface area (Å²) < 4.78 is 0. The number of aromatic nitrogens is 2. The maximum atomic E-state index is 12.8. The van der Waals surface area contributed by atoms with Gasteiger partial charge in [-0.2, -0.15) is 0 Å². The van der Waals surface area contributed by atoms with Crippen molar-refractivity contribution < 1.29 is 4.79 Å². The topological polar surface area (TPSA) is 49.3 Å². The van der Waals surface area contributed by atoms with E-state index in [1.807, 2.05) is 11.0 Å². The number of terminal acetylenes is 1. The second-order valence-electron chi connectivity index (χ2n) is 8.43. The van der Waals surface area contributed by atoms with Crippen molar-refractivity contribution in [1.29, 1.82) is 0 Å². The number of hydrogen-bond acceptors (Lipinski definition) is 4. The van der Waals surface area contributed by atoms with Gasteiger partial charge in [0.2, 0.25) is 5.91 Å². The Labute approximate surface area is 167 Å². The molecule has 1 amide bonds. The number of carbonyl (C=O) groups is 1. The fourth-order valence-corrected chi connectivity index (χ4v) is 3.49. The summed E-state index contributed by atoms with van der Waals surface area (Å²) in [5.41, 5.74) is 2.99. The number of amides is 1. The molecule has 1 aromatic heterocycles. The fraction of sp³-hybridized carbons (Fsp3) is 0.435. The minimum Gasteiger partial charge on any atom is -0.349 e. The van der Waals surface area contributed by atoms with E-state index in [2.05, 4.69) is 73.0 Å². The van der Waals surface area contributed by atoms with E-state index in [0.29, 0.717) is 25.2 Å². The van der Waals surface area contributed by atoms with Gasteiger partial charge in [-0.25, -0.2) is 0 Å². The van der Waals surface area contributed by atoms with Crippen molar-refractivity contribution in [1.82, 2.24) is 15.1 Å². The maximum absolute atomic E-state index is 12.8. The van der Waals surface area contributed by atoms with Crippen molar-refractivity contribution >= 4 is 11.7 Å².